The van der Waals surface area contributed by atoms with Gasteiger partial charge in [-0.1, -0.05) is 24.3 Å². The van der Waals surface area contributed by atoms with Gasteiger partial charge in [-0.2, -0.15) is 0 Å². The Hall–Kier alpha value is -1.63. The summed E-state index contributed by atoms with van der Waals surface area (Å²) < 4.78 is 31.7. The molecule has 0 atom stereocenters. The number of sulfonamides is 1. The van der Waals surface area contributed by atoms with Crippen LogP contribution in [0.4, 0.5) is 0 Å². The minimum absolute atomic E-state index is 0.0570. The molecule has 0 radical (unpaired) electrons. The number of benzene rings is 1. The van der Waals surface area contributed by atoms with Crippen molar-refractivity contribution < 1.29 is 12.8 Å². The van der Waals surface area contributed by atoms with Gasteiger partial charge in [-0.15, -0.1) is 0 Å². The topological polar surface area (TPSA) is 85.3 Å². The van der Waals surface area contributed by atoms with Gasteiger partial charge in [0.2, 0.25) is 10.0 Å². The van der Waals surface area contributed by atoms with Crippen molar-refractivity contribution in [3.05, 3.63) is 59.5 Å². The first kappa shape index (κ1) is 14.8. The fraction of sp³-hybridized carbons (Fsp3) is 0.286. The van der Waals surface area contributed by atoms with Crippen LogP contribution in [0.25, 0.3) is 0 Å². The Kier molecular flexibility index (Phi) is 4.94. The zero-order valence-corrected chi connectivity index (χ0v) is 11.9. The van der Waals surface area contributed by atoms with Crippen molar-refractivity contribution in [1.82, 2.24) is 4.72 Å². The van der Waals surface area contributed by atoms with Gasteiger partial charge in [0.25, 0.3) is 0 Å². The number of rotatable bonds is 7. The second kappa shape index (κ2) is 6.69. The molecule has 108 valence electrons. The average Bonchev–Trinajstić information content (AvgIpc) is 2.92. The smallest absolute Gasteiger partial charge is 0.215 e. The third-order valence-electron chi connectivity index (χ3n) is 2.96. The van der Waals surface area contributed by atoms with Gasteiger partial charge in [0.15, 0.2) is 0 Å². The number of furan rings is 1. The van der Waals surface area contributed by atoms with E-state index in [1.807, 2.05) is 24.3 Å². The van der Waals surface area contributed by atoms with Crippen molar-refractivity contribution >= 4 is 10.0 Å². The maximum Gasteiger partial charge on any atom is 0.215 e. The monoisotopic (exact) mass is 294 g/mol. The highest BCUT2D eigenvalue weighted by Crippen LogP contribution is 2.11. The third-order valence-corrected chi connectivity index (χ3v) is 4.29. The van der Waals surface area contributed by atoms with E-state index in [-0.39, 0.29) is 5.75 Å². The summed E-state index contributed by atoms with van der Waals surface area (Å²) in [7, 11) is -3.37. The van der Waals surface area contributed by atoms with Crippen LogP contribution < -0.4 is 10.5 Å². The van der Waals surface area contributed by atoms with Crippen LogP contribution in [0, 0.1) is 0 Å². The van der Waals surface area contributed by atoms with Gasteiger partial charge in [-0.3, -0.25) is 0 Å². The van der Waals surface area contributed by atoms with E-state index in [0.29, 0.717) is 19.5 Å². The van der Waals surface area contributed by atoms with Crippen LogP contribution in [0.15, 0.2) is 47.1 Å². The highest BCUT2D eigenvalue weighted by Gasteiger charge is 2.13. The number of nitrogens with one attached hydrogen (secondary N) is 1. The molecule has 0 saturated heterocycles. The Morgan fingerprint density at radius 2 is 1.85 bits per heavy atom. The molecule has 2 aromatic rings. The van der Waals surface area contributed by atoms with Crippen LogP contribution in [0.2, 0.25) is 0 Å². The summed E-state index contributed by atoms with van der Waals surface area (Å²) in [6, 6.07) is 10.9. The molecule has 0 amide bonds. The fourth-order valence-electron chi connectivity index (χ4n) is 1.94. The van der Waals surface area contributed by atoms with Crippen LogP contribution in [-0.2, 0) is 28.7 Å². The average molecular weight is 294 g/mol. The second-order valence-corrected chi connectivity index (χ2v) is 6.26. The van der Waals surface area contributed by atoms with E-state index in [9.17, 15) is 8.42 Å². The molecule has 0 aliphatic carbocycles. The van der Waals surface area contributed by atoms with E-state index in [4.69, 9.17) is 10.2 Å². The quantitative estimate of drug-likeness (QED) is 0.808. The molecule has 0 bridgehead atoms. The normalized spacial score (nSPS) is 11.7. The van der Waals surface area contributed by atoms with Crippen LogP contribution in [0.5, 0.6) is 0 Å². The maximum absolute atomic E-state index is 12.0. The van der Waals surface area contributed by atoms with Gasteiger partial charge in [0.1, 0.15) is 5.76 Å². The predicted octanol–water partition coefficient (Wildman–Crippen LogP) is 1.40. The van der Waals surface area contributed by atoms with Crippen molar-refractivity contribution in [2.24, 2.45) is 5.73 Å². The first-order valence-corrected chi connectivity index (χ1v) is 8.02. The molecule has 3 N–H and O–H groups in total. The lowest BCUT2D eigenvalue weighted by atomic mass is 10.1. The predicted molar refractivity (Wildman–Crippen MR) is 77.4 cm³/mol. The Morgan fingerprint density at radius 1 is 1.10 bits per heavy atom. The molecule has 0 saturated carbocycles. The molecular formula is C14H18N2O3S. The van der Waals surface area contributed by atoms with E-state index in [1.165, 1.54) is 0 Å². The molecule has 1 heterocycles. The lowest BCUT2D eigenvalue weighted by Gasteiger charge is -2.09. The molecule has 1 aromatic carbocycles. The highest BCUT2D eigenvalue weighted by atomic mass is 32.2. The van der Waals surface area contributed by atoms with Gasteiger partial charge in [0, 0.05) is 19.5 Å². The SMILES string of the molecule is NCc1ccccc1CS(=O)(=O)NCCc1ccco1. The Morgan fingerprint density at radius 3 is 2.50 bits per heavy atom. The third kappa shape index (κ3) is 4.19. The van der Waals surface area contributed by atoms with Gasteiger partial charge in [-0.05, 0) is 23.3 Å². The van der Waals surface area contributed by atoms with E-state index < -0.39 is 10.0 Å². The van der Waals surface area contributed by atoms with E-state index in [0.717, 1.165) is 16.9 Å². The van der Waals surface area contributed by atoms with E-state index in [2.05, 4.69) is 4.72 Å². The Labute approximate surface area is 118 Å². The lowest BCUT2D eigenvalue weighted by Crippen LogP contribution is -2.27. The number of hydrogen-bond acceptors (Lipinski definition) is 4. The van der Waals surface area contributed by atoms with Crippen molar-refractivity contribution in [3.63, 3.8) is 0 Å². The summed E-state index contributed by atoms with van der Waals surface area (Å²) in [6.45, 7) is 0.652. The molecule has 0 aliphatic heterocycles. The minimum atomic E-state index is -3.37. The molecule has 0 fully saturated rings. The van der Waals surface area contributed by atoms with Crippen LogP contribution in [0.3, 0.4) is 0 Å². The second-order valence-electron chi connectivity index (χ2n) is 4.46. The number of nitrogens with two attached hydrogens (primary N) is 1. The first-order valence-electron chi connectivity index (χ1n) is 6.37. The molecule has 5 nitrogen and oxygen atoms in total. The lowest BCUT2D eigenvalue weighted by molar-refractivity contribution is 0.506. The van der Waals surface area contributed by atoms with Gasteiger partial charge in [-0.25, -0.2) is 13.1 Å². The number of hydrogen-bond donors (Lipinski definition) is 2. The van der Waals surface area contributed by atoms with Crippen LogP contribution in [-0.4, -0.2) is 15.0 Å². The highest BCUT2D eigenvalue weighted by molar-refractivity contribution is 7.88. The zero-order chi connectivity index (χ0) is 14.4. The van der Waals surface area contributed by atoms with Crippen molar-refractivity contribution in [2.45, 2.75) is 18.7 Å². The first-order chi connectivity index (χ1) is 9.61. The van der Waals surface area contributed by atoms with Crippen molar-refractivity contribution in [2.75, 3.05) is 6.54 Å². The van der Waals surface area contributed by atoms with Crippen molar-refractivity contribution in [3.8, 4) is 0 Å². The molecule has 0 spiro atoms. The Balaban J connectivity index is 1.93. The van der Waals surface area contributed by atoms with Crippen LogP contribution >= 0.6 is 0 Å². The fourth-order valence-corrected chi connectivity index (χ4v) is 3.14. The van der Waals surface area contributed by atoms with E-state index in [1.54, 1.807) is 18.4 Å². The molecule has 1 aromatic heterocycles. The summed E-state index contributed by atoms with van der Waals surface area (Å²) in [4.78, 5) is 0. The van der Waals surface area contributed by atoms with Gasteiger partial charge >= 0.3 is 0 Å². The standard InChI is InChI=1S/C14H18N2O3S/c15-10-12-4-1-2-5-13(12)11-20(17,18)16-8-7-14-6-3-9-19-14/h1-6,9,16H,7-8,10-11,15H2. The molecule has 0 unspecified atom stereocenters. The maximum atomic E-state index is 12.0. The summed E-state index contributed by atoms with van der Waals surface area (Å²) in [6.07, 6.45) is 2.10. The molecule has 20 heavy (non-hydrogen) atoms. The van der Waals surface area contributed by atoms with Gasteiger partial charge in [0.05, 0.1) is 12.0 Å². The van der Waals surface area contributed by atoms with E-state index >= 15 is 0 Å². The van der Waals surface area contributed by atoms with Crippen molar-refractivity contribution in [1.29, 1.82) is 0 Å². The summed E-state index contributed by atoms with van der Waals surface area (Å²) in [5.41, 5.74) is 7.19. The minimum Gasteiger partial charge on any atom is -0.469 e. The molecular weight excluding hydrogens is 276 g/mol. The van der Waals surface area contributed by atoms with Crippen LogP contribution in [0.1, 0.15) is 16.9 Å². The molecule has 6 heteroatoms. The summed E-state index contributed by atoms with van der Waals surface area (Å²) in [5.74, 6) is 0.702. The summed E-state index contributed by atoms with van der Waals surface area (Å²) in [5, 5.41) is 0. The molecule has 2 rings (SSSR count). The zero-order valence-electron chi connectivity index (χ0n) is 11.1. The summed E-state index contributed by atoms with van der Waals surface area (Å²) >= 11 is 0. The molecule has 0 aliphatic rings. The van der Waals surface area contributed by atoms with Gasteiger partial charge < -0.3 is 10.2 Å². The largest absolute Gasteiger partial charge is 0.469 e. The Bertz CT molecular complexity index is 636.